The summed E-state index contributed by atoms with van der Waals surface area (Å²) in [5, 5.41) is 6.12. The van der Waals surface area contributed by atoms with Gasteiger partial charge in [-0.25, -0.2) is 0 Å². The van der Waals surface area contributed by atoms with E-state index >= 15 is 0 Å². The Kier molecular flexibility index (Phi) is 5.89. The number of hydrogen-bond donors (Lipinski definition) is 2. The topological polar surface area (TPSA) is 38.9 Å². The van der Waals surface area contributed by atoms with Gasteiger partial charge < -0.3 is 0 Å². The number of rotatable bonds is 0. The van der Waals surface area contributed by atoms with Crippen LogP contribution in [0.25, 0.3) is 0 Å². The van der Waals surface area contributed by atoms with Crippen LogP contribution in [0.5, 0.6) is 0 Å². The lowest BCUT2D eigenvalue weighted by Crippen LogP contribution is -1.49. The van der Waals surface area contributed by atoms with Gasteiger partial charge in [-0.3, -0.25) is 10.1 Å². The predicted molar refractivity (Wildman–Crippen MR) is 35.3 cm³/mol. The van der Waals surface area contributed by atoms with Gasteiger partial charge in [-0.05, 0) is 0 Å². The highest BCUT2D eigenvalue weighted by atomic mass is 32.1. The van der Waals surface area contributed by atoms with Gasteiger partial charge in [0.15, 0.2) is 0 Å². The molecule has 0 atom stereocenters. The van der Waals surface area contributed by atoms with Gasteiger partial charge in [-0.2, -0.15) is 0 Å². The average Bonchev–Trinajstić information content (AvgIpc) is 2.23. The van der Waals surface area contributed by atoms with E-state index < -0.39 is 0 Å². The van der Waals surface area contributed by atoms with E-state index in [0.29, 0.717) is 0 Å². The molecule has 0 unspecified atom stereocenters. The van der Waals surface area contributed by atoms with Gasteiger partial charge in [0.05, 0.1) is 5.51 Å². The molecule has 4 heteroatoms. The van der Waals surface area contributed by atoms with Crippen molar-refractivity contribution in [1.29, 1.82) is 0 Å². The molecule has 1 aromatic heterocycles. The second-order valence-corrected chi connectivity index (χ2v) is 1.43. The van der Waals surface area contributed by atoms with E-state index in [9.17, 15) is 0 Å². The minimum Gasteiger partial charge on any atom is -0.281 e. The Morgan fingerprint density at radius 2 is 2.29 bits per heavy atom. The molecule has 0 aliphatic rings. The summed E-state index contributed by atoms with van der Waals surface area (Å²) < 4.78 is 0. The first kappa shape index (κ1) is 6.94. The van der Waals surface area contributed by atoms with Gasteiger partial charge in [0.2, 0.25) is 0 Å². The normalized spacial score (nSPS) is 6.57. The van der Waals surface area contributed by atoms with Crippen LogP contribution < -0.4 is 5.14 Å². The van der Waals surface area contributed by atoms with Crippen LogP contribution in [0.2, 0.25) is 0 Å². The largest absolute Gasteiger partial charge is 0.281 e. The third-order valence-corrected chi connectivity index (χ3v) is 0.869. The fourth-order valence-corrected chi connectivity index (χ4v) is 0.527. The van der Waals surface area contributed by atoms with Crippen molar-refractivity contribution in [2.24, 2.45) is 5.14 Å². The molecule has 0 radical (unpaired) electrons. The number of thiazole rings is 1. The predicted octanol–water partition coefficient (Wildman–Crippen LogP) is 0.933. The highest BCUT2D eigenvalue weighted by Gasteiger charge is 1.59. The Balaban J connectivity index is 0.000000162. The summed E-state index contributed by atoms with van der Waals surface area (Å²) in [5.74, 6) is 0. The van der Waals surface area contributed by atoms with Crippen molar-refractivity contribution >= 4 is 24.2 Å². The zero-order valence-electron chi connectivity index (χ0n) is 3.61. The number of nitrogens with two attached hydrogens (primary N) is 1. The SMILES string of the molecule is NS.c1cscn1. The van der Waals surface area contributed by atoms with Crippen LogP contribution >= 0.6 is 24.2 Å². The molecule has 0 saturated carbocycles. The lowest BCUT2D eigenvalue weighted by molar-refractivity contribution is 1.43. The molecule has 0 saturated heterocycles. The van der Waals surface area contributed by atoms with Crippen LogP contribution in [0.4, 0.5) is 0 Å². The van der Waals surface area contributed by atoms with Gasteiger partial charge in [-0.1, -0.05) is 0 Å². The Morgan fingerprint density at radius 1 is 1.57 bits per heavy atom. The average molecular weight is 134 g/mol. The molecular weight excluding hydrogens is 128 g/mol. The molecule has 1 heterocycles. The molecule has 40 valence electrons. The summed E-state index contributed by atoms with van der Waals surface area (Å²) in [4.78, 5) is 3.74. The molecular formula is C3H6N2S2. The van der Waals surface area contributed by atoms with Crippen molar-refractivity contribution in [3.63, 3.8) is 0 Å². The Hall–Kier alpha value is -0.0600. The maximum atomic E-state index is 4.19. The molecule has 1 aromatic rings. The van der Waals surface area contributed by atoms with Crippen molar-refractivity contribution in [3.05, 3.63) is 17.1 Å². The number of thiol groups is 1. The Bertz CT molecular complexity index is 67.4. The van der Waals surface area contributed by atoms with Crippen LogP contribution in [-0.4, -0.2) is 4.98 Å². The standard InChI is InChI=1S/C3H3NS.H3NS/c1-2-5-3-4-1;1-2/h1-3H;2H,1H2. The maximum absolute atomic E-state index is 4.19. The van der Waals surface area contributed by atoms with Crippen molar-refractivity contribution in [3.8, 4) is 0 Å². The molecule has 1 rings (SSSR count). The number of aromatic nitrogens is 1. The molecule has 0 spiro atoms. The smallest absolute Gasteiger partial charge is 0.0791 e. The zero-order valence-corrected chi connectivity index (χ0v) is 5.32. The van der Waals surface area contributed by atoms with Gasteiger partial charge in [-0.15, -0.1) is 24.2 Å². The first-order chi connectivity index (χ1) is 3.50. The van der Waals surface area contributed by atoms with E-state index in [2.05, 4.69) is 22.9 Å². The highest BCUT2D eigenvalue weighted by Crippen LogP contribution is 1.85. The minimum absolute atomic E-state index is 1.60. The van der Waals surface area contributed by atoms with E-state index in [1.807, 2.05) is 5.38 Å². The summed E-state index contributed by atoms with van der Waals surface area (Å²) in [6.45, 7) is 0. The monoisotopic (exact) mass is 134 g/mol. The molecule has 0 fully saturated rings. The summed E-state index contributed by atoms with van der Waals surface area (Å²) in [5.41, 5.74) is 1.79. The van der Waals surface area contributed by atoms with Gasteiger partial charge in [0.1, 0.15) is 0 Å². The van der Waals surface area contributed by atoms with Crippen LogP contribution in [0.15, 0.2) is 17.1 Å². The van der Waals surface area contributed by atoms with E-state index in [-0.39, 0.29) is 0 Å². The minimum atomic E-state index is 1.60. The number of nitrogens with zero attached hydrogens (tertiary/aromatic N) is 1. The molecule has 0 aliphatic carbocycles. The lowest BCUT2D eigenvalue weighted by atomic mass is 11.0. The molecule has 7 heavy (non-hydrogen) atoms. The van der Waals surface area contributed by atoms with Crippen LogP contribution in [0.1, 0.15) is 0 Å². The first-order valence-corrected chi connectivity index (χ1v) is 3.04. The maximum Gasteiger partial charge on any atom is 0.0791 e. The fourth-order valence-electron chi connectivity index (χ4n) is 0.176. The van der Waals surface area contributed by atoms with Crippen molar-refractivity contribution in [2.75, 3.05) is 0 Å². The van der Waals surface area contributed by atoms with Crippen molar-refractivity contribution in [1.82, 2.24) is 4.98 Å². The molecule has 0 aromatic carbocycles. The summed E-state index contributed by atoms with van der Waals surface area (Å²) in [6, 6.07) is 0. The molecule has 2 N–H and O–H groups in total. The quantitative estimate of drug-likeness (QED) is 0.518. The van der Waals surface area contributed by atoms with Crippen LogP contribution in [0, 0.1) is 0 Å². The summed E-state index contributed by atoms with van der Waals surface area (Å²) in [7, 11) is 0. The van der Waals surface area contributed by atoms with E-state index in [1.54, 1.807) is 23.0 Å². The Labute approximate surface area is 51.9 Å². The van der Waals surface area contributed by atoms with Crippen molar-refractivity contribution in [2.45, 2.75) is 0 Å². The van der Waals surface area contributed by atoms with Gasteiger partial charge in [0.25, 0.3) is 0 Å². The molecule has 0 aliphatic heterocycles. The summed E-state index contributed by atoms with van der Waals surface area (Å²) in [6.07, 6.45) is 1.77. The number of hydrogen-bond acceptors (Lipinski definition) is 4. The second-order valence-electron chi connectivity index (χ2n) is 0.676. The third kappa shape index (κ3) is 3.78. The first-order valence-electron chi connectivity index (χ1n) is 1.58. The van der Waals surface area contributed by atoms with E-state index in [1.165, 1.54) is 0 Å². The summed E-state index contributed by atoms with van der Waals surface area (Å²) >= 11 is 4.63. The van der Waals surface area contributed by atoms with E-state index in [0.717, 1.165) is 0 Å². The highest BCUT2D eigenvalue weighted by molar-refractivity contribution is 7.77. The van der Waals surface area contributed by atoms with Gasteiger partial charge in [0, 0.05) is 11.6 Å². The zero-order chi connectivity index (χ0) is 5.54. The fraction of sp³-hybridized carbons (Fsp3) is 0. The molecule has 2 nitrogen and oxygen atoms in total. The van der Waals surface area contributed by atoms with E-state index in [4.69, 9.17) is 0 Å². The van der Waals surface area contributed by atoms with Crippen LogP contribution in [-0.2, 0) is 0 Å². The van der Waals surface area contributed by atoms with Gasteiger partial charge >= 0.3 is 0 Å². The van der Waals surface area contributed by atoms with Crippen molar-refractivity contribution < 1.29 is 0 Å². The van der Waals surface area contributed by atoms with Crippen LogP contribution in [0.3, 0.4) is 0 Å². The third-order valence-electron chi connectivity index (χ3n) is 0.347. The lowest BCUT2D eigenvalue weighted by Gasteiger charge is -1.41. The Morgan fingerprint density at radius 3 is 2.43 bits per heavy atom. The molecule has 0 amide bonds. The second kappa shape index (κ2) is 5.94. The molecule has 0 bridgehead atoms.